The van der Waals surface area contributed by atoms with E-state index < -0.39 is 5.60 Å². The number of hydrogen-bond donors (Lipinski definition) is 2. The van der Waals surface area contributed by atoms with Crippen molar-refractivity contribution >= 4 is 6.29 Å². The summed E-state index contributed by atoms with van der Waals surface area (Å²) in [5, 5.41) is 20.7. The summed E-state index contributed by atoms with van der Waals surface area (Å²) < 4.78 is 0. The number of carbonyl (C=O) groups excluding carboxylic acids is 1. The molecule has 23 heavy (non-hydrogen) atoms. The molecule has 2 N–H and O–H groups in total. The van der Waals surface area contributed by atoms with E-state index in [1.54, 1.807) is 0 Å². The van der Waals surface area contributed by atoms with Crippen LogP contribution in [0.2, 0.25) is 0 Å². The molecule has 4 fully saturated rings. The summed E-state index contributed by atoms with van der Waals surface area (Å²) in [5.41, 5.74) is -0.553. The van der Waals surface area contributed by atoms with Crippen LogP contribution >= 0.6 is 0 Å². The van der Waals surface area contributed by atoms with Gasteiger partial charge in [-0.2, -0.15) is 0 Å². The van der Waals surface area contributed by atoms with Crippen molar-refractivity contribution < 1.29 is 15.0 Å². The van der Waals surface area contributed by atoms with Crippen molar-refractivity contribution in [2.75, 3.05) is 6.61 Å². The Hall–Kier alpha value is -0.410. The lowest BCUT2D eigenvalue weighted by molar-refractivity contribution is -0.157. The van der Waals surface area contributed by atoms with Gasteiger partial charge in [0.25, 0.3) is 0 Å². The maximum absolute atomic E-state index is 11.9. The number of rotatable bonds is 2. The first-order chi connectivity index (χ1) is 10.8. The lowest BCUT2D eigenvalue weighted by Crippen LogP contribution is -2.56. The van der Waals surface area contributed by atoms with Crippen molar-refractivity contribution in [1.29, 1.82) is 0 Å². The average molecular weight is 320 g/mol. The molecule has 7 atom stereocenters. The van der Waals surface area contributed by atoms with Gasteiger partial charge in [-0.1, -0.05) is 20.3 Å². The number of aldehydes is 1. The zero-order valence-electron chi connectivity index (χ0n) is 14.7. The first kappa shape index (κ1) is 16.1. The molecule has 0 radical (unpaired) electrons. The van der Waals surface area contributed by atoms with E-state index in [1.807, 2.05) is 0 Å². The van der Waals surface area contributed by atoms with Crippen LogP contribution in [0.15, 0.2) is 0 Å². The molecular weight excluding hydrogens is 288 g/mol. The molecule has 3 nitrogen and oxygen atoms in total. The summed E-state index contributed by atoms with van der Waals surface area (Å²) in [7, 11) is 0. The summed E-state index contributed by atoms with van der Waals surface area (Å²) in [6.07, 6.45) is 11.0. The monoisotopic (exact) mass is 320 g/mol. The van der Waals surface area contributed by atoms with Crippen LogP contribution in [0.25, 0.3) is 0 Å². The van der Waals surface area contributed by atoms with Crippen molar-refractivity contribution in [3.05, 3.63) is 0 Å². The molecule has 0 heterocycles. The predicted molar refractivity (Wildman–Crippen MR) is 88.8 cm³/mol. The minimum Gasteiger partial charge on any atom is -0.393 e. The van der Waals surface area contributed by atoms with E-state index in [9.17, 15) is 15.0 Å². The minimum absolute atomic E-state index is 0.0850. The van der Waals surface area contributed by atoms with Crippen LogP contribution in [-0.4, -0.2) is 28.7 Å². The van der Waals surface area contributed by atoms with Gasteiger partial charge in [-0.15, -0.1) is 0 Å². The van der Waals surface area contributed by atoms with E-state index in [0.717, 1.165) is 44.9 Å². The second-order valence-corrected chi connectivity index (χ2v) is 9.91. The SMILES string of the molecule is C[C@@]12CCC[C@@](C)(C=O)[C@H]1CC[C@@]13C[C@@H](CC[C@H]12)[C@](O)(CO)C3. The highest BCUT2D eigenvalue weighted by Gasteiger charge is 2.67. The van der Waals surface area contributed by atoms with Crippen LogP contribution in [0, 0.1) is 34.0 Å². The second kappa shape index (κ2) is 4.82. The number of fused-ring (bicyclic) bond motifs is 3. The normalized spacial score (nSPS) is 58.3. The lowest BCUT2D eigenvalue weighted by Gasteiger charge is -2.63. The molecule has 2 bridgehead atoms. The Kier molecular flexibility index (Phi) is 3.37. The van der Waals surface area contributed by atoms with Gasteiger partial charge in [-0.3, -0.25) is 0 Å². The Morgan fingerprint density at radius 2 is 1.87 bits per heavy atom. The first-order valence-corrected chi connectivity index (χ1v) is 9.62. The Bertz CT molecular complexity index is 519. The van der Waals surface area contributed by atoms with Crippen LogP contribution in [0.4, 0.5) is 0 Å². The van der Waals surface area contributed by atoms with Gasteiger partial charge >= 0.3 is 0 Å². The van der Waals surface area contributed by atoms with Crippen LogP contribution < -0.4 is 0 Å². The molecule has 0 aromatic carbocycles. The molecule has 0 amide bonds. The fraction of sp³-hybridized carbons (Fsp3) is 0.950. The summed E-state index contributed by atoms with van der Waals surface area (Å²) >= 11 is 0. The van der Waals surface area contributed by atoms with Gasteiger partial charge in [0.1, 0.15) is 6.29 Å². The minimum atomic E-state index is -0.847. The standard InChI is InChI=1S/C20H32O3/c1-17(12-21)7-3-8-18(2)15(17)6-9-19-10-14(4-5-16(18)19)20(23,11-19)13-22/h12,14-16,22-23H,3-11,13H2,1-2H3/t14-,15-,16+,17+,18-,19+,20-/m1/s1. The molecular formula is C20H32O3. The molecule has 0 unspecified atom stereocenters. The largest absolute Gasteiger partial charge is 0.393 e. The van der Waals surface area contributed by atoms with E-state index in [0.29, 0.717) is 11.8 Å². The van der Waals surface area contributed by atoms with Gasteiger partial charge in [0.2, 0.25) is 0 Å². The summed E-state index contributed by atoms with van der Waals surface area (Å²) in [4.78, 5) is 11.9. The molecule has 4 aliphatic rings. The van der Waals surface area contributed by atoms with Crippen LogP contribution in [0.5, 0.6) is 0 Å². The molecule has 0 saturated heterocycles. The quantitative estimate of drug-likeness (QED) is 0.767. The van der Waals surface area contributed by atoms with Crippen LogP contribution in [-0.2, 0) is 4.79 Å². The maximum Gasteiger partial charge on any atom is 0.126 e. The number of hydrogen-bond acceptors (Lipinski definition) is 3. The third-order valence-corrected chi connectivity index (χ3v) is 8.91. The van der Waals surface area contributed by atoms with Crippen LogP contribution in [0.3, 0.4) is 0 Å². The van der Waals surface area contributed by atoms with E-state index in [-0.39, 0.29) is 28.8 Å². The highest BCUT2D eigenvalue weighted by molar-refractivity contribution is 5.60. The van der Waals surface area contributed by atoms with Crippen molar-refractivity contribution in [2.24, 2.45) is 34.0 Å². The molecule has 0 aromatic heterocycles. The fourth-order valence-corrected chi connectivity index (χ4v) is 8.00. The topological polar surface area (TPSA) is 57.5 Å². The third kappa shape index (κ3) is 1.93. The summed E-state index contributed by atoms with van der Waals surface area (Å²) in [6, 6.07) is 0. The Balaban J connectivity index is 1.72. The zero-order valence-corrected chi connectivity index (χ0v) is 14.7. The zero-order chi connectivity index (χ0) is 16.5. The Morgan fingerprint density at radius 1 is 1.09 bits per heavy atom. The lowest BCUT2D eigenvalue weighted by atomic mass is 9.41. The number of aliphatic hydroxyl groups excluding tert-OH is 1. The smallest absolute Gasteiger partial charge is 0.126 e. The van der Waals surface area contributed by atoms with E-state index in [2.05, 4.69) is 13.8 Å². The van der Waals surface area contributed by atoms with E-state index in [1.165, 1.54) is 19.1 Å². The van der Waals surface area contributed by atoms with Gasteiger partial charge in [-0.05, 0) is 80.0 Å². The van der Waals surface area contributed by atoms with E-state index in [4.69, 9.17) is 0 Å². The molecule has 0 aliphatic heterocycles. The molecule has 4 saturated carbocycles. The fourth-order valence-electron chi connectivity index (χ4n) is 8.00. The van der Waals surface area contributed by atoms with Crippen molar-refractivity contribution in [3.8, 4) is 0 Å². The molecule has 130 valence electrons. The highest BCUT2D eigenvalue weighted by atomic mass is 16.3. The second-order valence-electron chi connectivity index (χ2n) is 9.91. The van der Waals surface area contributed by atoms with Gasteiger partial charge in [-0.25, -0.2) is 0 Å². The predicted octanol–water partition coefficient (Wildman–Crippen LogP) is 3.32. The molecule has 1 spiro atoms. The third-order valence-electron chi connectivity index (χ3n) is 8.91. The van der Waals surface area contributed by atoms with Crippen molar-refractivity contribution in [2.45, 2.75) is 77.2 Å². The van der Waals surface area contributed by atoms with E-state index >= 15 is 0 Å². The molecule has 3 heteroatoms. The van der Waals surface area contributed by atoms with Crippen molar-refractivity contribution in [3.63, 3.8) is 0 Å². The van der Waals surface area contributed by atoms with Crippen molar-refractivity contribution in [1.82, 2.24) is 0 Å². The number of carbonyl (C=O) groups is 1. The molecule has 4 aliphatic carbocycles. The summed E-state index contributed by atoms with van der Waals surface area (Å²) in [5.74, 6) is 1.39. The molecule has 4 rings (SSSR count). The van der Waals surface area contributed by atoms with Crippen LogP contribution in [0.1, 0.15) is 71.6 Å². The van der Waals surface area contributed by atoms with Gasteiger partial charge in [0.15, 0.2) is 0 Å². The summed E-state index contributed by atoms with van der Waals surface area (Å²) in [6.45, 7) is 4.55. The molecule has 0 aromatic rings. The first-order valence-electron chi connectivity index (χ1n) is 9.62. The Labute approximate surface area is 139 Å². The van der Waals surface area contributed by atoms with Gasteiger partial charge < -0.3 is 15.0 Å². The number of aliphatic hydroxyl groups is 2. The Morgan fingerprint density at radius 3 is 2.57 bits per heavy atom. The van der Waals surface area contributed by atoms with Gasteiger partial charge in [0, 0.05) is 5.41 Å². The van der Waals surface area contributed by atoms with Gasteiger partial charge in [0.05, 0.1) is 12.2 Å². The average Bonchev–Trinajstić information content (AvgIpc) is 2.74. The maximum atomic E-state index is 11.9. The highest BCUT2D eigenvalue weighted by Crippen LogP contribution is 2.72.